The van der Waals surface area contributed by atoms with Crippen LogP contribution in [0.15, 0.2) is 60.7 Å². The second-order valence-corrected chi connectivity index (χ2v) is 8.42. The van der Waals surface area contributed by atoms with E-state index in [4.69, 9.17) is 9.57 Å². The average Bonchev–Trinajstić information content (AvgIpc) is 3.12. The Bertz CT molecular complexity index is 697. The maximum absolute atomic E-state index is 6.36. The molecule has 2 aromatic rings. The third-order valence-corrected chi connectivity index (χ3v) is 6.40. The molecule has 1 aliphatic carbocycles. The van der Waals surface area contributed by atoms with Crippen molar-refractivity contribution in [1.82, 2.24) is 5.06 Å². The third-order valence-electron chi connectivity index (χ3n) is 6.40. The van der Waals surface area contributed by atoms with Crippen molar-refractivity contribution in [1.29, 1.82) is 0 Å². The van der Waals surface area contributed by atoms with Crippen LogP contribution < -0.4 is 0 Å². The quantitative estimate of drug-likeness (QED) is 0.615. The van der Waals surface area contributed by atoms with Crippen LogP contribution in [0.5, 0.6) is 0 Å². The summed E-state index contributed by atoms with van der Waals surface area (Å²) < 4.78 is 6.36. The molecular weight excluding hydrogens is 346 g/mol. The summed E-state index contributed by atoms with van der Waals surface area (Å²) in [6.45, 7) is 3.69. The first-order valence-corrected chi connectivity index (χ1v) is 10.9. The van der Waals surface area contributed by atoms with Gasteiger partial charge < -0.3 is 4.74 Å². The van der Waals surface area contributed by atoms with Crippen LogP contribution in [0, 0.1) is 0 Å². The number of hydroxylamine groups is 2. The molecule has 2 unspecified atom stereocenters. The molecule has 0 N–H and O–H groups in total. The largest absolute Gasteiger partial charge is 0.377 e. The number of hydrogen-bond acceptors (Lipinski definition) is 3. The maximum Gasteiger partial charge on any atom is 0.0936 e. The molecule has 1 saturated carbocycles. The van der Waals surface area contributed by atoms with Gasteiger partial charge in [0, 0.05) is 6.04 Å². The monoisotopic (exact) mass is 379 g/mol. The van der Waals surface area contributed by atoms with Gasteiger partial charge >= 0.3 is 0 Å². The molecule has 2 aromatic carbocycles. The van der Waals surface area contributed by atoms with E-state index < -0.39 is 0 Å². The number of rotatable bonds is 7. The third kappa shape index (κ3) is 5.02. The number of ether oxygens (including phenoxy) is 1. The predicted octanol–water partition coefficient (Wildman–Crippen LogP) is 5.71. The van der Waals surface area contributed by atoms with Gasteiger partial charge in [-0.25, -0.2) is 0 Å². The molecule has 0 bridgehead atoms. The van der Waals surface area contributed by atoms with E-state index >= 15 is 0 Å². The van der Waals surface area contributed by atoms with Crippen molar-refractivity contribution in [2.24, 2.45) is 0 Å². The molecule has 3 nitrogen and oxygen atoms in total. The molecule has 1 saturated heterocycles. The van der Waals surface area contributed by atoms with Crippen molar-refractivity contribution in [2.45, 2.75) is 76.2 Å². The minimum absolute atomic E-state index is 0.380. The van der Waals surface area contributed by atoms with Gasteiger partial charge in [-0.1, -0.05) is 60.7 Å². The molecule has 0 aromatic heterocycles. The summed E-state index contributed by atoms with van der Waals surface area (Å²) in [6, 6.07) is 22.2. The van der Waals surface area contributed by atoms with Gasteiger partial charge in [-0.05, 0) is 62.5 Å². The van der Waals surface area contributed by atoms with E-state index in [1.807, 2.05) is 6.07 Å². The van der Waals surface area contributed by atoms with E-state index in [0.29, 0.717) is 30.7 Å². The summed E-state index contributed by atoms with van der Waals surface area (Å²) in [5.74, 6) is 0.707. The Labute approximate surface area is 169 Å². The fraction of sp³-hybridized carbons (Fsp3) is 0.520. The Morgan fingerprint density at radius 3 is 2.21 bits per heavy atom. The van der Waals surface area contributed by atoms with E-state index in [9.17, 15) is 0 Å². The van der Waals surface area contributed by atoms with E-state index in [1.54, 1.807) is 0 Å². The van der Waals surface area contributed by atoms with Gasteiger partial charge in [-0.2, -0.15) is 5.06 Å². The lowest BCUT2D eigenvalue weighted by molar-refractivity contribution is -0.210. The minimum Gasteiger partial charge on any atom is -0.377 e. The first kappa shape index (κ1) is 19.6. The highest BCUT2D eigenvalue weighted by atomic mass is 16.7. The molecule has 28 heavy (non-hydrogen) atoms. The Kier molecular flexibility index (Phi) is 6.79. The highest BCUT2D eigenvalue weighted by Crippen LogP contribution is 2.34. The Morgan fingerprint density at radius 1 is 0.821 bits per heavy atom. The van der Waals surface area contributed by atoms with Gasteiger partial charge in [0.1, 0.15) is 0 Å². The number of nitrogens with zero attached hydrogens (tertiary/aromatic N) is 1. The molecule has 0 spiro atoms. The molecule has 3 heteroatoms. The highest BCUT2D eigenvalue weighted by Gasteiger charge is 2.33. The van der Waals surface area contributed by atoms with Crippen molar-refractivity contribution in [3.63, 3.8) is 0 Å². The van der Waals surface area contributed by atoms with E-state index in [2.05, 4.69) is 66.6 Å². The van der Waals surface area contributed by atoms with Crippen LogP contribution in [0.3, 0.4) is 0 Å². The SMILES string of the molecule is CC1CCC(COC2CCC(c3ccccc3)CC2)N1OCc1ccccc1. The minimum atomic E-state index is 0.380. The molecule has 2 atom stereocenters. The first-order valence-electron chi connectivity index (χ1n) is 10.9. The molecule has 1 aliphatic heterocycles. The smallest absolute Gasteiger partial charge is 0.0936 e. The maximum atomic E-state index is 6.36. The van der Waals surface area contributed by atoms with Crippen molar-refractivity contribution in [2.75, 3.05) is 6.61 Å². The van der Waals surface area contributed by atoms with E-state index in [1.165, 1.54) is 43.2 Å². The second kappa shape index (κ2) is 9.69. The topological polar surface area (TPSA) is 21.7 Å². The molecule has 150 valence electrons. The van der Waals surface area contributed by atoms with E-state index in [-0.39, 0.29) is 0 Å². The van der Waals surface area contributed by atoms with Crippen LogP contribution in [0.1, 0.15) is 62.5 Å². The van der Waals surface area contributed by atoms with Gasteiger partial charge in [0.2, 0.25) is 0 Å². The fourth-order valence-electron chi connectivity index (χ4n) is 4.70. The van der Waals surface area contributed by atoms with Crippen molar-refractivity contribution in [3.05, 3.63) is 71.8 Å². The second-order valence-electron chi connectivity index (χ2n) is 8.42. The lowest BCUT2D eigenvalue weighted by Crippen LogP contribution is -2.38. The lowest BCUT2D eigenvalue weighted by Gasteiger charge is -2.32. The number of benzene rings is 2. The normalized spacial score (nSPS) is 28.5. The molecule has 0 amide bonds. The Hall–Kier alpha value is -1.68. The zero-order valence-electron chi connectivity index (χ0n) is 17.0. The van der Waals surface area contributed by atoms with Crippen molar-refractivity contribution >= 4 is 0 Å². The van der Waals surface area contributed by atoms with Gasteiger partial charge in [-0.15, -0.1) is 0 Å². The van der Waals surface area contributed by atoms with E-state index in [0.717, 1.165) is 13.0 Å². The summed E-state index contributed by atoms with van der Waals surface area (Å²) >= 11 is 0. The standard InChI is InChI=1S/C25H33NO2/c1-20-12-15-24(26(20)28-18-21-8-4-2-5-9-21)19-27-25-16-13-23(14-17-25)22-10-6-3-7-11-22/h2-11,20,23-25H,12-19H2,1H3. The zero-order valence-corrected chi connectivity index (χ0v) is 17.0. The van der Waals surface area contributed by atoms with Gasteiger partial charge in [0.15, 0.2) is 0 Å². The molecule has 1 heterocycles. The van der Waals surface area contributed by atoms with Crippen molar-refractivity contribution < 1.29 is 9.57 Å². The van der Waals surface area contributed by atoms with Gasteiger partial charge in [0.05, 0.1) is 25.4 Å². The summed E-state index contributed by atoms with van der Waals surface area (Å²) in [7, 11) is 0. The Morgan fingerprint density at radius 2 is 1.50 bits per heavy atom. The van der Waals surface area contributed by atoms with Crippen LogP contribution in [0.4, 0.5) is 0 Å². The fourth-order valence-corrected chi connectivity index (χ4v) is 4.70. The predicted molar refractivity (Wildman–Crippen MR) is 113 cm³/mol. The summed E-state index contributed by atoms with van der Waals surface area (Å²) in [5.41, 5.74) is 2.71. The molecule has 2 fully saturated rings. The first-order chi connectivity index (χ1) is 13.8. The summed E-state index contributed by atoms with van der Waals surface area (Å²) in [6.07, 6.45) is 7.58. The van der Waals surface area contributed by atoms with Crippen molar-refractivity contribution in [3.8, 4) is 0 Å². The molecule has 4 rings (SSSR count). The molecular formula is C25H33NO2. The Balaban J connectivity index is 1.23. The summed E-state index contributed by atoms with van der Waals surface area (Å²) in [5, 5.41) is 2.20. The van der Waals surface area contributed by atoms with Crippen LogP contribution in [-0.4, -0.2) is 29.9 Å². The van der Waals surface area contributed by atoms with Crippen LogP contribution in [0.25, 0.3) is 0 Å². The average molecular weight is 380 g/mol. The lowest BCUT2D eigenvalue weighted by atomic mass is 9.83. The van der Waals surface area contributed by atoms with Crippen LogP contribution in [0.2, 0.25) is 0 Å². The number of hydrogen-bond donors (Lipinski definition) is 0. The zero-order chi connectivity index (χ0) is 19.2. The van der Waals surface area contributed by atoms with Crippen LogP contribution in [-0.2, 0) is 16.2 Å². The molecule has 0 radical (unpaired) electrons. The molecule has 2 aliphatic rings. The highest BCUT2D eigenvalue weighted by molar-refractivity contribution is 5.20. The van der Waals surface area contributed by atoms with Gasteiger partial charge in [-0.3, -0.25) is 4.84 Å². The summed E-state index contributed by atoms with van der Waals surface area (Å²) in [4.78, 5) is 6.18. The van der Waals surface area contributed by atoms with Crippen LogP contribution >= 0.6 is 0 Å². The van der Waals surface area contributed by atoms with Gasteiger partial charge in [0.25, 0.3) is 0 Å².